The van der Waals surface area contributed by atoms with Gasteiger partial charge in [0.2, 0.25) is 0 Å². The monoisotopic (exact) mass is 184 g/mol. The topological polar surface area (TPSA) is 18.5 Å². The lowest BCUT2D eigenvalue weighted by Gasteiger charge is -2.04. The Bertz CT molecular complexity index is 195. The molecule has 0 aliphatic heterocycles. The van der Waals surface area contributed by atoms with Crippen molar-refractivity contribution < 1.29 is 9.47 Å². The molecule has 0 unspecified atom stereocenters. The molecule has 0 bridgehead atoms. The zero-order chi connectivity index (χ0) is 8.81. The normalized spacial score (nSPS) is 9.50. The summed E-state index contributed by atoms with van der Waals surface area (Å²) in [5.74, 6) is 2.08. The van der Waals surface area contributed by atoms with Crippen LogP contribution in [-0.4, -0.2) is 12.5 Å². The Morgan fingerprint density at radius 2 is 1.58 bits per heavy atom. The molecule has 0 fully saturated rings. The van der Waals surface area contributed by atoms with Crippen molar-refractivity contribution in [2.45, 2.75) is 6.92 Å². The third-order valence-corrected chi connectivity index (χ3v) is 1.50. The molecule has 1 rings (SSSR count). The Morgan fingerprint density at radius 3 is 2.00 bits per heavy atom. The molecule has 2 nitrogen and oxygen atoms in total. The number of benzene rings is 1. The van der Waals surface area contributed by atoms with E-state index in [1.807, 2.05) is 31.2 Å². The van der Waals surface area contributed by atoms with E-state index in [9.17, 15) is 0 Å². The summed E-state index contributed by atoms with van der Waals surface area (Å²) in [5, 5.41) is 0. The molecule has 0 atom stereocenters. The number of hydrogen-bond acceptors (Lipinski definition) is 3. The Balaban J connectivity index is 2.58. The second-order valence-electron chi connectivity index (χ2n) is 2.18. The van der Waals surface area contributed by atoms with Gasteiger partial charge >= 0.3 is 0 Å². The molecule has 0 aromatic heterocycles. The van der Waals surface area contributed by atoms with Gasteiger partial charge in [-0.25, -0.2) is 0 Å². The molecule has 1 aromatic carbocycles. The van der Waals surface area contributed by atoms with Crippen molar-refractivity contribution in [1.82, 2.24) is 0 Å². The average molecular weight is 184 g/mol. The predicted molar refractivity (Wildman–Crippen MR) is 52.1 cm³/mol. The van der Waals surface area contributed by atoms with Gasteiger partial charge in [0.1, 0.15) is 17.4 Å². The van der Waals surface area contributed by atoms with Crippen molar-refractivity contribution in [2.75, 3.05) is 12.5 Å². The van der Waals surface area contributed by atoms with Gasteiger partial charge in [-0.05, 0) is 31.2 Å². The highest BCUT2D eigenvalue weighted by Gasteiger charge is 1.93. The molecule has 66 valence electrons. The quantitative estimate of drug-likeness (QED) is 0.572. The lowest BCUT2D eigenvalue weighted by atomic mass is 10.3. The summed E-state index contributed by atoms with van der Waals surface area (Å²) < 4.78 is 10.4. The van der Waals surface area contributed by atoms with Crippen LogP contribution < -0.4 is 9.47 Å². The van der Waals surface area contributed by atoms with E-state index in [4.69, 9.17) is 9.47 Å². The molecule has 1 aromatic rings. The largest absolute Gasteiger partial charge is 0.494 e. The third kappa shape index (κ3) is 2.66. The van der Waals surface area contributed by atoms with Crippen LogP contribution in [0.4, 0.5) is 0 Å². The number of hydrogen-bond donors (Lipinski definition) is 1. The number of rotatable bonds is 4. The standard InChI is InChI=1S/C9H12O2S/c1-2-10-8-3-5-9(6-4-8)11-7-12/h3-6,12H,2,7H2,1H3. The lowest BCUT2D eigenvalue weighted by Crippen LogP contribution is -1.92. The van der Waals surface area contributed by atoms with Crippen molar-refractivity contribution in [3.05, 3.63) is 24.3 Å². The summed E-state index contributed by atoms with van der Waals surface area (Å²) in [6, 6.07) is 7.48. The van der Waals surface area contributed by atoms with Gasteiger partial charge in [-0.15, -0.1) is 12.6 Å². The fraction of sp³-hybridized carbons (Fsp3) is 0.333. The molecule has 0 radical (unpaired) electrons. The second kappa shape index (κ2) is 4.93. The molecular weight excluding hydrogens is 172 g/mol. The summed E-state index contributed by atoms with van der Waals surface area (Å²) in [6.07, 6.45) is 0. The molecule has 0 spiro atoms. The number of thiol groups is 1. The van der Waals surface area contributed by atoms with Crippen LogP contribution in [0.3, 0.4) is 0 Å². The highest BCUT2D eigenvalue weighted by Crippen LogP contribution is 2.17. The fourth-order valence-corrected chi connectivity index (χ4v) is 1.02. The van der Waals surface area contributed by atoms with Crippen LogP contribution >= 0.6 is 12.6 Å². The Labute approximate surface area is 77.9 Å². The van der Waals surface area contributed by atoms with E-state index in [2.05, 4.69) is 12.6 Å². The van der Waals surface area contributed by atoms with Crippen molar-refractivity contribution >= 4 is 12.6 Å². The van der Waals surface area contributed by atoms with E-state index in [0.29, 0.717) is 12.5 Å². The van der Waals surface area contributed by atoms with Crippen LogP contribution in [0.25, 0.3) is 0 Å². The fourth-order valence-electron chi connectivity index (χ4n) is 0.873. The van der Waals surface area contributed by atoms with Crippen LogP contribution in [0.5, 0.6) is 11.5 Å². The molecule has 3 heteroatoms. The highest BCUT2D eigenvalue weighted by molar-refractivity contribution is 7.80. The summed E-state index contributed by atoms with van der Waals surface area (Å²) in [5.41, 5.74) is 0. The summed E-state index contributed by atoms with van der Waals surface area (Å²) in [6.45, 7) is 2.64. The molecule has 0 N–H and O–H groups in total. The van der Waals surface area contributed by atoms with Gasteiger partial charge in [0.15, 0.2) is 0 Å². The Morgan fingerprint density at radius 1 is 1.08 bits per heavy atom. The molecule has 0 saturated heterocycles. The zero-order valence-corrected chi connectivity index (χ0v) is 7.88. The third-order valence-electron chi connectivity index (χ3n) is 1.37. The van der Waals surface area contributed by atoms with E-state index < -0.39 is 0 Å². The first-order chi connectivity index (χ1) is 5.86. The van der Waals surface area contributed by atoms with Gasteiger partial charge in [-0.1, -0.05) is 0 Å². The maximum Gasteiger partial charge on any atom is 0.131 e. The van der Waals surface area contributed by atoms with Gasteiger partial charge in [0.25, 0.3) is 0 Å². The van der Waals surface area contributed by atoms with Crippen molar-refractivity contribution in [3.8, 4) is 11.5 Å². The van der Waals surface area contributed by atoms with Crippen LogP contribution in [-0.2, 0) is 0 Å². The van der Waals surface area contributed by atoms with Crippen LogP contribution in [0, 0.1) is 0 Å². The summed E-state index contributed by atoms with van der Waals surface area (Å²) in [4.78, 5) is 0. The summed E-state index contributed by atoms with van der Waals surface area (Å²) >= 11 is 3.95. The Kier molecular flexibility index (Phi) is 3.80. The minimum atomic E-state index is 0.397. The predicted octanol–water partition coefficient (Wildman–Crippen LogP) is 2.35. The van der Waals surface area contributed by atoms with Gasteiger partial charge in [0.05, 0.1) is 6.61 Å². The SMILES string of the molecule is CCOc1ccc(OCS)cc1. The maximum absolute atomic E-state index is 5.26. The first kappa shape index (κ1) is 9.26. The first-order valence-corrected chi connectivity index (χ1v) is 4.46. The molecule has 0 heterocycles. The van der Waals surface area contributed by atoms with E-state index >= 15 is 0 Å². The molecule has 0 amide bonds. The molecule has 12 heavy (non-hydrogen) atoms. The van der Waals surface area contributed by atoms with E-state index in [1.165, 1.54) is 0 Å². The van der Waals surface area contributed by atoms with Crippen LogP contribution in [0.1, 0.15) is 6.92 Å². The van der Waals surface area contributed by atoms with E-state index in [0.717, 1.165) is 11.5 Å². The van der Waals surface area contributed by atoms with Crippen molar-refractivity contribution in [3.63, 3.8) is 0 Å². The highest BCUT2D eigenvalue weighted by atomic mass is 32.1. The van der Waals surface area contributed by atoms with Crippen molar-refractivity contribution in [2.24, 2.45) is 0 Å². The average Bonchev–Trinajstić information content (AvgIpc) is 2.09. The molecule has 0 aliphatic carbocycles. The van der Waals surface area contributed by atoms with Gasteiger partial charge in [-0.3, -0.25) is 0 Å². The molecular formula is C9H12O2S. The lowest BCUT2D eigenvalue weighted by molar-refractivity contribution is 0.338. The van der Waals surface area contributed by atoms with Crippen LogP contribution in [0.2, 0.25) is 0 Å². The summed E-state index contributed by atoms with van der Waals surface area (Å²) in [7, 11) is 0. The minimum Gasteiger partial charge on any atom is -0.494 e. The van der Waals surface area contributed by atoms with Crippen LogP contribution in [0.15, 0.2) is 24.3 Å². The van der Waals surface area contributed by atoms with Crippen molar-refractivity contribution in [1.29, 1.82) is 0 Å². The van der Waals surface area contributed by atoms with E-state index in [-0.39, 0.29) is 0 Å². The first-order valence-electron chi connectivity index (χ1n) is 3.83. The van der Waals surface area contributed by atoms with Gasteiger partial charge in [0, 0.05) is 0 Å². The maximum atomic E-state index is 5.26. The molecule has 0 saturated carbocycles. The van der Waals surface area contributed by atoms with Gasteiger partial charge < -0.3 is 9.47 Å². The molecule has 0 aliphatic rings. The second-order valence-corrected chi connectivity index (χ2v) is 2.44. The number of ether oxygens (including phenoxy) is 2. The van der Waals surface area contributed by atoms with E-state index in [1.54, 1.807) is 0 Å². The smallest absolute Gasteiger partial charge is 0.131 e. The van der Waals surface area contributed by atoms with Gasteiger partial charge in [-0.2, -0.15) is 0 Å². The Hall–Kier alpha value is -0.830. The zero-order valence-electron chi connectivity index (χ0n) is 6.99. The minimum absolute atomic E-state index is 0.397.